The molecule has 0 amide bonds. The molecule has 0 saturated heterocycles. The molecule has 0 radical (unpaired) electrons. The molecule has 0 bridgehead atoms. The first-order valence-electron chi connectivity index (χ1n) is 11.0. The fourth-order valence-corrected chi connectivity index (χ4v) is 3.01. The van der Waals surface area contributed by atoms with Gasteiger partial charge in [0, 0.05) is 11.1 Å². The van der Waals surface area contributed by atoms with Crippen LogP contribution < -0.4 is 11.2 Å². The Labute approximate surface area is 229 Å². The molecular formula is C24H19ClN6O9. The highest BCUT2D eigenvalue weighted by atomic mass is 35.5. The minimum atomic E-state index is -0.849. The molecule has 5 rings (SSSR count). The minimum absolute atomic E-state index is 0.139. The van der Waals surface area contributed by atoms with Gasteiger partial charge < -0.3 is 19.8 Å². The number of halogens is 1. The Morgan fingerprint density at radius 3 is 2.00 bits per heavy atom. The van der Waals surface area contributed by atoms with E-state index in [1.54, 1.807) is 12.1 Å². The highest BCUT2D eigenvalue weighted by Gasteiger charge is 2.26. The molecule has 4 aromatic rings. The van der Waals surface area contributed by atoms with E-state index in [0.29, 0.717) is 5.84 Å². The number of hydrogen-bond donors (Lipinski definition) is 3. The first-order chi connectivity index (χ1) is 19.2. The van der Waals surface area contributed by atoms with Crippen molar-refractivity contribution in [2.45, 2.75) is 6.23 Å². The van der Waals surface area contributed by atoms with Gasteiger partial charge in [-0.25, -0.2) is 15.3 Å². The largest absolute Gasteiger partial charge is 0.433 e. The van der Waals surface area contributed by atoms with Crippen molar-refractivity contribution in [3.05, 3.63) is 128 Å². The summed E-state index contributed by atoms with van der Waals surface area (Å²) in [5, 5.41) is 30.8. The van der Waals surface area contributed by atoms with Gasteiger partial charge in [-0.1, -0.05) is 65.8 Å². The van der Waals surface area contributed by atoms with Crippen molar-refractivity contribution in [2.75, 3.05) is 0 Å². The van der Waals surface area contributed by atoms with Crippen LogP contribution in [0, 0.1) is 20.2 Å². The molecule has 1 atom stereocenters. The Bertz CT molecular complexity index is 1490. The van der Waals surface area contributed by atoms with E-state index in [4.69, 9.17) is 31.8 Å². The number of amidine groups is 2. The number of furan rings is 2. The number of nitro groups is 2. The maximum atomic E-state index is 10.5. The normalized spacial score (nSPS) is 14.0. The number of nitrogens with zero attached hydrogens (tertiary/aromatic N) is 4. The van der Waals surface area contributed by atoms with E-state index in [-0.39, 0.29) is 23.2 Å². The van der Waals surface area contributed by atoms with Crippen LogP contribution >= 0.6 is 11.6 Å². The molecule has 4 N–H and O–H groups in total. The maximum absolute atomic E-state index is 10.5. The number of rotatable bonds is 6. The standard InChI is InChI=1S/C12H9N3O4.C7H8N2O.C5H2ClNO4/c16-15(17)10-7-6-9(18-10)12-13-11(14-19-12)8-4-2-1-3-5-8;8-7(9-10)6-4-2-1-3-5-6;6-5(8)3-1-2-4(11-3)7(9)10/h1-7,12H,(H,13,14);1-5,10H,(H2,8,9);1-2H. The van der Waals surface area contributed by atoms with Crippen LogP contribution in [0.15, 0.2) is 104 Å². The van der Waals surface area contributed by atoms with Gasteiger partial charge in [0.25, 0.3) is 5.24 Å². The van der Waals surface area contributed by atoms with Gasteiger partial charge in [0.15, 0.2) is 23.2 Å². The summed E-state index contributed by atoms with van der Waals surface area (Å²) in [6.45, 7) is 0. The Morgan fingerprint density at radius 2 is 1.50 bits per heavy atom. The molecule has 16 heteroatoms. The van der Waals surface area contributed by atoms with Crippen molar-refractivity contribution in [3.63, 3.8) is 0 Å². The average molecular weight is 571 g/mol. The van der Waals surface area contributed by atoms with Gasteiger partial charge in [-0.3, -0.25) is 25.0 Å². The summed E-state index contributed by atoms with van der Waals surface area (Å²) in [7, 11) is 0. The molecule has 0 fully saturated rings. The quantitative estimate of drug-likeness (QED) is 0.0729. The molecule has 3 heterocycles. The third-order valence-electron chi connectivity index (χ3n) is 4.74. The van der Waals surface area contributed by atoms with Crippen molar-refractivity contribution >= 4 is 40.3 Å². The van der Waals surface area contributed by atoms with Gasteiger partial charge in [0.05, 0.1) is 12.1 Å². The molecule has 2 aromatic carbocycles. The molecule has 15 nitrogen and oxygen atoms in total. The van der Waals surface area contributed by atoms with Crippen molar-refractivity contribution < 1.29 is 33.5 Å². The number of oxime groups is 1. The third kappa shape index (κ3) is 7.98. The average Bonchev–Trinajstić information content (AvgIpc) is 3.75. The van der Waals surface area contributed by atoms with Crippen LogP contribution in [0.1, 0.15) is 33.7 Å². The fourth-order valence-electron chi connectivity index (χ4n) is 2.90. The summed E-state index contributed by atoms with van der Waals surface area (Å²) in [5.41, 5.74) is 9.57. The SMILES string of the molecule is N/C(=N\O)c1ccccc1.O=C(Cl)c1ccc([N+](=O)[O-])o1.O=[N+]([O-])c1ccc(C2N=C(c3ccccc3)NO2)o1. The maximum Gasteiger partial charge on any atom is 0.433 e. The lowest BCUT2D eigenvalue weighted by Crippen LogP contribution is -2.17. The van der Waals surface area contributed by atoms with Crippen LogP contribution in [0.4, 0.5) is 11.8 Å². The smallest absolute Gasteiger partial charge is 0.409 e. The van der Waals surface area contributed by atoms with Gasteiger partial charge in [-0.15, -0.1) is 0 Å². The van der Waals surface area contributed by atoms with Crippen LogP contribution in [-0.2, 0) is 4.84 Å². The van der Waals surface area contributed by atoms with Crippen molar-refractivity contribution in [2.24, 2.45) is 15.9 Å². The molecular weight excluding hydrogens is 552 g/mol. The van der Waals surface area contributed by atoms with E-state index in [1.807, 2.05) is 48.5 Å². The number of benzene rings is 2. The predicted molar refractivity (Wildman–Crippen MR) is 140 cm³/mol. The summed E-state index contributed by atoms with van der Waals surface area (Å²) in [5.74, 6) is -0.0651. The molecule has 206 valence electrons. The number of carbonyl (C=O) groups is 1. The van der Waals surface area contributed by atoms with Crippen LogP contribution in [0.3, 0.4) is 0 Å². The molecule has 1 aliphatic rings. The van der Waals surface area contributed by atoms with Crippen LogP contribution in [0.25, 0.3) is 0 Å². The topological polar surface area (TPSA) is 222 Å². The number of hydroxylamine groups is 1. The van der Waals surface area contributed by atoms with E-state index in [2.05, 4.69) is 20.0 Å². The molecule has 0 saturated carbocycles. The highest BCUT2D eigenvalue weighted by Crippen LogP contribution is 2.27. The van der Waals surface area contributed by atoms with Gasteiger partial charge >= 0.3 is 11.8 Å². The van der Waals surface area contributed by atoms with Crippen LogP contribution in [-0.4, -0.2) is 32.0 Å². The lowest BCUT2D eigenvalue weighted by molar-refractivity contribution is -0.402. The monoisotopic (exact) mass is 570 g/mol. The summed E-state index contributed by atoms with van der Waals surface area (Å²) in [6.07, 6.45) is -0.719. The second kappa shape index (κ2) is 13.8. The number of nitrogens with one attached hydrogen (secondary N) is 1. The number of aliphatic imine (C=N–C) groups is 1. The van der Waals surface area contributed by atoms with Gasteiger partial charge in [-0.05, 0) is 23.7 Å². The van der Waals surface area contributed by atoms with Gasteiger partial charge in [0.2, 0.25) is 6.23 Å². The van der Waals surface area contributed by atoms with E-state index >= 15 is 0 Å². The molecule has 0 spiro atoms. The van der Waals surface area contributed by atoms with Crippen molar-refractivity contribution in [1.82, 2.24) is 5.48 Å². The first kappa shape index (κ1) is 29.0. The molecule has 1 aliphatic heterocycles. The van der Waals surface area contributed by atoms with Crippen molar-refractivity contribution in [3.8, 4) is 0 Å². The summed E-state index contributed by atoms with van der Waals surface area (Å²) >= 11 is 4.97. The van der Waals surface area contributed by atoms with E-state index in [0.717, 1.165) is 23.3 Å². The number of carbonyl (C=O) groups excluding carboxylic acids is 1. The van der Waals surface area contributed by atoms with E-state index in [1.165, 1.54) is 12.1 Å². The first-order valence-corrected chi connectivity index (χ1v) is 11.3. The Kier molecular flexibility index (Phi) is 10.0. The Balaban J connectivity index is 0.000000180. The minimum Gasteiger partial charge on any atom is -0.409 e. The molecule has 0 aliphatic carbocycles. The second-order valence-corrected chi connectivity index (χ2v) is 7.71. The van der Waals surface area contributed by atoms with Crippen LogP contribution in [0.2, 0.25) is 0 Å². The molecule has 2 aromatic heterocycles. The zero-order valence-corrected chi connectivity index (χ0v) is 20.9. The van der Waals surface area contributed by atoms with Crippen LogP contribution in [0.5, 0.6) is 0 Å². The molecule has 40 heavy (non-hydrogen) atoms. The summed E-state index contributed by atoms with van der Waals surface area (Å²) in [4.78, 5) is 39.0. The highest BCUT2D eigenvalue weighted by molar-refractivity contribution is 6.67. The Hall–Kier alpha value is -5.54. The van der Waals surface area contributed by atoms with E-state index < -0.39 is 27.2 Å². The molecule has 1 unspecified atom stereocenters. The number of hydrogen-bond acceptors (Lipinski definition) is 12. The Morgan fingerprint density at radius 1 is 0.925 bits per heavy atom. The lowest BCUT2D eigenvalue weighted by atomic mass is 10.2. The van der Waals surface area contributed by atoms with E-state index in [9.17, 15) is 25.0 Å². The fraction of sp³-hybridized carbons (Fsp3) is 0.0417. The lowest BCUT2D eigenvalue weighted by Gasteiger charge is -2.00. The number of nitrogens with two attached hydrogens (primary N) is 1. The zero-order valence-electron chi connectivity index (χ0n) is 20.1. The predicted octanol–water partition coefficient (Wildman–Crippen LogP) is 4.52. The van der Waals surface area contributed by atoms with Gasteiger partial charge in [0.1, 0.15) is 9.85 Å². The van der Waals surface area contributed by atoms with Gasteiger partial charge in [-0.2, -0.15) is 0 Å². The third-order valence-corrected chi connectivity index (χ3v) is 4.93. The zero-order chi connectivity index (χ0) is 29.1. The second-order valence-electron chi connectivity index (χ2n) is 7.37. The van der Waals surface area contributed by atoms with Crippen molar-refractivity contribution in [1.29, 1.82) is 0 Å². The summed E-state index contributed by atoms with van der Waals surface area (Å²) in [6, 6.07) is 23.4. The summed E-state index contributed by atoms with van der Waals surface area (Å²) < 4.78 is 9.47.